The molecule has 0 aliphatic heterocycles. The van der Waals surface area contributed by atoms with Gasteiger partial charge in [0.15, 0.2) is 5.82 Å². The molecule has 3 N–H and O–H groups in total. The number of anilines is 1. The third kappa shape index (κ3) is 3.31. The van der Waals surface area contributed by atoms with Crippen LogP contribution in [0.5, 0.6) is 0 Å². The fourth-order valence-corrected chi connectivity index (χ4v) is 3.08. The first-order chi connectivity index (χ1) is 9.85. The molecule has 0 atom stereocenters. The molecular formula is C13H11ClF2N2O2S. The van der Waals surface area contributed by atoms with E-state index in [9.17, 15) is 17.2 Å². The van der Waals surface area contributed by atoms with Gasteiger partial charge in [0, 0.05) is 17.1 Å². The van der Waals surface area contributed by atoms with Gasteiger partial charge in [0.25, 0.3) is 10.0 Å². The Balaban J connectivity index is 2.45. The summed E-state index contributed by atoms with van der Waals surface area (Å²) in [6.07, 6.45) is 0. The van der Waals surface area contributed by atoms with Gasteiger partial charge in [0.05, 0.1) is 5.69 Å². The molecule has 21 heavy (non-hydrogen) atoms. The Labute approximate surface area is 125 Å². The second-order valence-electron chi connectivity index (χ2n) is 4.16. The molecule has 0 unspecified atom stereocenters. The monoisotopic (exact) mass is 332 g/mol. The molecule has 0 saturated carbocycles. The quantitative estimate of drug-likeness (QED) is 0.904. The molecule has 0 fully saturated rings. The number of rotatable bonds is 4. The van der Waals surface area contributed by atoms with Crippen molar-refractivity contribution in [2.24, 2.45) is 5.73 Å². The maximum atomic E-state index is 14.0. The highest BCUT2D eigenvalue weighted by molar-refractivity contribution is 7.92. The number of sulfonamides is 1. The Bertz CT molecular complexity index is 782. The second kappa shape index (κ2) is 5.97. The van der Waals surface area contributed by atoms with Crippen LogP contribution in [-0.4, -0.2) is 8.42 Å². The van der Waals surface area contributed by atoms with Crippen molar-refractivity contribution in [3.05, 3.63) is 58.6 Å². The number of hydrogen-bond acceptors (Lipinski definition) is 3. The molecule has 112 valence electrons. The van der Waals surface area contributed by atoms with E-state index in [-0.39, 0.29) is 5.69 Å². The Morgan fingerprint density at radius 1 is 1.19 bits per heavy atom. The number of nitrogens with one attached hydrogen (secondary N) is 1. The van der Waals surface area contributed by atoms with E-state index in [1.165, 1.54) is 18.2 Å². The predicted molar refractivity (Wildman–Crippen MR) is 76.5 cm³/mol. The van der Waals surface area contributed by atoms with Crippen molar-refractivity contribution < 1.29 is 17.2 Å². The fourth-order valence-electron chi connectivity index (χ4n) is 1.73. The van der Waals surface area contributed by atoms with E-state index >= 15 is 0 Å². The molecule has 0 radical (unpaired) electrons. The molecule has 0 heterocycles. The molecule has 2 aromatic carbocycles. The molecule has 0 amide bonds. The van der Waals surface area contributed by atoms with Gasteiger partial charge in [-0.3, -0.25) is 4.72 Å². The first-order valence-corrected chi connectivity index (χ1v) is 7.66. The molecule has 0 aliphatic rings. The van der Waals surface area contributed by atoms with Crippen molar-refractivity contribution in [2.75, 3.05) is 4.72 Å². The SMILES string of the molecule is NCc1c(F)ccc(S(=O)(=O)Nc2cccc(Cl)c2)c1F. The van der Waals surface area contributed by atoms with Gasteiger partial charge in [-0.25, -0.2) is 17.2 Å². The minimum Gasteiger partial charge on any atom is -0.326 e. The zero-order chi connectivity index (χ0) is 15.6. The van der Waals surface area contributed by atoms with Gasteiger partial charge in [-0.05, 0) is 30.3 Å². The van der Waals surface area contributed by atoms with Gasteiger partial charge in [-0.1, -0.05) is 17.7 Å². The third-order valence-electron chi connectivity index (χ3n) is 2.72. The summed E-state index contributed by atoms with van der Waals surface area (Å²) in [7, 11) is -4.22. The van der Waals surface area contributed by atoms with E-state index in [2.05, 4.69) is 4.72 Å². The van der Waals surface area contributed by atoms with E-state index in [1.54, 1.807) is 6.07 Å². The average molecular weight is 333 g/mol. The summed E-state index contributed by atoms with van der Waals surface area (Å²) in [5.41, 5.74) is 4.91. The second-order valence-corrected chi connectivity index (χ2v) is 6.25. The number of nitrogens with two attached hydrogens (primary N) is 1. The number of benzene rings is 2. The first kappa shape index (κ1) is 15.7. The van der Waals surface area contributed by atoms with Gasteiger partial charge >= 0.3 is 0 Å². The minimum atomic E-state index is -4.22. The normalized spacial score (nSPS) is 11.4. The molecule has 0 bridgehead atoms. The number of hydrogen-bond donors (Lipinski definition) is 2. The van der Waals surface area contributed by atoms with Crippen molar-refractivity contribution in [1.82, 2.24) is 0 Å². The molecule has 8 heteroatoms. The van der Waals surface area contributed by atoms with E-state index in [0.717, 1.165) is 12.1 Å². The Kier molecular flexibility index (Phi) is 4.46. The lowest BCUT2D eigenvalue weighted by atomic mass is 10.2. The molecule has 0 saturated heterocycles. The first-order valence-electron chi connectivity index (χ1n) is 5.80. The Morgan fingerprint density at radius 3 is 2.52 bits per heavy atom. The summed E-state index contributed by atoms with van der Waals surface area (Å²) in [5.74, 6) is -2.09. The zero-order valence-electron chi connectivity index (χ0n) is 10.6. The highest BCUT2D eigenvalue weighted by atomic mass is 35.5. The van der Waals surface area contributed by atoms with Gasteiger partial charge in [-0.2, -0.15) is 0 Å². The van der Waals surface area contributed by atoms with Crippen LogP contribution in [0.25, 0.3) is 0 Å². The van der Waals surface area contributed by atoms with Crippen molar-refractivity contribution in [3.8, 4) is 0 Å². The summed E-state index contributed by atoms with van der Waals surface area (Å²) in [5, 5.41) is 0.317. The molecule has 0 spiro atoms. The molecule has 0 aliphatic carbocycles. The molecule has 2 aromatic rings. The molecule has 2 rings (SSSR count). The lowest BCUT2D eigenvalue weighted by Crippen LogP contribution is -2.17. The van der Waals surface area contributed by atoms with Crippen LogP contribution in [0.2, 0.25) is 5.02 Å². The van der Waals surface area contributed by atoms with Gasteiger partial charge in [0.1, 0.15) is 10.7 Å². The lowest BCUT2D eigenvalue weighted by Gasteiger charge is -2.11. The van der Waals surface area contributed by atoms with Crippen LogP contribution in [-0.2, 0) is 16.6 Å². The predicted octanol–water partition coefficient (Wildman–Crippen LogP) is 2.88. The Morgan fingerprint density at radius 2 is 1.90 bits per heavy atom. The molecule has 0 aromatic heterocycles. The smallest absolute Gasteiger partial charge is 0.264 e. The minimum absolute atomic E-state index is 0.167. The van der Waals surface area contributed by atoms with E-state index in [0.29, 0.717) is 5.02 Å². The van der Waals surface area contributed by atoms with Crippen LogP contribution in [0, 0.1) is 11.6 Å². The van der Waals surface area contributed by atoms with Crippen LogP contribution >= 0.6 is 11.6 Å². The van der Waals surface area contributed by atoms with Crippen molar-refractivity contribution in [1.29, 1.82) is 0 Å². The standard InChI is InChI=1S/C13H11ClF2N2O2S/c14-8-2-1-3-9(6-8)18-21(19,20)12-5-4-11(15)10(7-17)13(12)16/h1-6,18H,7,17H2. The average Bonchev–Trinajstić information content (AvgIpc) is 2.38. The van der Waals surface area contributed by atoms with Crippen molar-refractivity contribution in [2.45, 2.75) is 11.4 Å². The van der Waals surface area contributed by atoms with E-state index in [4.69, 9.17) is 17.3 Å². The highest BCUT2D eigenvalue weighted by Crippen LogP contribution is 2.24. The van der Waals surface area contributed by atoms with Crippen molar-refractivity contribution in [3.63, 3.8) is 0 Å². The topological polar surface area (TPSA) is 72.2 Å². The van der Waals surface area contributed by atoms with Crippen LogP contribution in [0.1, 0.15) is 5.56 Å². The Hall–Kier alpha value is -1.70. The maximum absolute atomic E-state index is 14.0. The molecule has 4 nitrogen and oxygen atoms in total. The number of halogens is 3. The van der Waals surface area contributed by atoms with Gasteiger partial charge < -0.3 is 5.73 Å². The lowest BCUT2D eigenvalue weighted by molar-refractivity contribution is 0.530. The maximum Gasteiger partial charge on any atom is 0.264 e. The van der Waals surface area contributed by atoms with Gasteiger partial charge in [0.2, 0.25) is 0 Å². The van der Waals surface area contributed by atoms with Crippen LogP contribution in [0.3, 0.4) is 0 Å². The van der Waals surface area contributed by atoms with E-state index in [1.807, 2.05) is 0 Å². The van der Waals surface area contributed by atoms with Crippen LogP contribution in [0.4, 0.5) is 14.5 Å². The summed E-state index contributed by atoms with van der Waals surface area (Å²) < 4.78 is 53.9. The summed E-state index contributed by atoms with van der Waals surface area (Å²) in [6, 6.07) is 7.62. The van der Waals surface area contributed by atoms with Crippen LogP contribution < -0.4 is 10.5 Å². The van der Waals surface area contributed by atoms with E-state index < -0.39 is 38.7 Å². The third-order valence-corrected chi connectivity index (χ3v) is 4.35. The summed E-state index contributed by atoms with van der Waals surface area (Å²) >= 11 is 5.74. The van der Waals surface area contributed by atoms with Crippen LogP contribution in [0.15, 0.2) is 41.3 Å². The van der Waals surface area contributed by atoms with Gasteiger partial charge in [-0.15, -0.1) is 0 Å². The largest absolute Gasteiger partial charge is 0.326 e. The zero-order valence-corrected chi connectivity index (χ0v) is 12.2. The highest BCUT2D eigenvalue weighted by Gasteiger charge is 2.23. The molecular weight excluding hydrogens is 322 g/mol. The fraction of sp³-hybridized carbons (Fsp3) is 0.0769. The van der Waals surface area contributed by atoms with Crippen molar-refractivity contribution >= 4 is 27.3 Å². The summed E-state index contributed by atoms with van der Waals surface area (Å²) in [4.78, 5) is -0.677. The summed E-state index contributed by atoms with van der Waals surface area (Å²) in [6.45, 7) is -0.446.